The number of ether oxygens (including phenoxy) is 1. The lowest BCUT2D eigenvalue weighted by Crippen LogP contribution is -2.58. The van der Waals surface area contributed by atoms with Crippen LogP contribution in [0.4, 0.5) is 4.39 Å². The van der Waals surface area contributed by atoms with Gasteiger partial charge in [0.05, 0.1) is 0 Å². The molecule has 1 fully saturated rings. The first kappa shape index (κ1) is 26.2. The van der Waals surface area contributed by atoms with E-state index in [1.165, 1.54) is 23.3 Å². The number of piperazine rings is 1. The zero-order valence-electron chi connectivity index (χ0n) is 22.1. The molecule has 0 unspecified atom stereocenters. The molecular weight excluding hydrogens is 427 g/mol. The Kier molecular flexibility index (Phi) is 7.76. The van der Waals surface area contributed by atoms with Gasteiger partial charge in [0.2, 0.25) is 0 Å². The number of benzene rings is 2. The van der Waals surface area contributed by atoms with Gasteiger partial charge in [-0.1, -0.05) is 59.7 Å². The summed E-state index contributed by atoms with van der Waals surface area (Å²) in [7, 11) is 0. The number of halogens is 1. The van der Waals surface area contributed by atoms with Crippen LogP contribution in [0.3, 0.4) is 0 Å². The molecule has 1 aliphatic heterocycles. The van der Waals surface area contributed by atoms with Crippen molar-refractivity contribution >= 4 is 5.91 Å². The number of carbonyl (C=O) groups excluding carboxylic acids is 1. The summed E-state index contributed by atoms with van der Waals surface area (Å²) < 4.78 is 19.3. The fraction of sp³-hybridized carbons (Fsp3) is 0.552. The van der Waals surface area contributed by atoms with Crippen molar-refractivity contribution in [2.24, 2.45) is 0 Å². The predicted molar refractivity (Wildman–Crippen MR) is 137 cm³/mol. The summed E-state index contributed by atoms with van der Waals surface area (Å²) >= 11 is 0. The van der Waals surface area contributed by atoms with E-state index in [1.807, 2.05) is 17.0 Å². The van der Waals surface area contributed by atoms with Crippen molar-refractivity contribution < 1.29 is 13.9 Å². The molecule has 34 heavy (non-hydrogen) atoms. The molecule has 1 amide bonds. The number of nitrogens with zero attached hydrogens (tertiary/aromatic N) is 2. The van der Waals surface area contributed by atoms with Crippen LogP contribution in [0.5, 0.6) is 5.75 Å². The van der Waals surface area contributed by atoms with E-state index in [-0.39, 0.29) is 41.2 Å². The lowest BCUT2D eigenvalue weighted by molar-refractivity contribution is -0.139. The molecule has 2 atom stereocenters. The van der Waals surface area contributed by atoms with Gasteiger partial charge in [-0.25, -0.2) is 4.39 Å². The van der Waals surface area contributed by atoms with Gasteiger partial charge in [-0.3, -0.25) is 9.69 Å². The molecule has 0 aromatic heterocycles. The molecule has 0 radical (unpaired) electrons. The van der Waals surface area contributed by atoms with E-state index in [9.17, 15) is 9.18 Å². The second kappa shape index (κ2) is 10.1. The van der Waals surface area contributed by atoms with Gasteiger partial charge < -0.3 is 9.64 Å². The highest BCUT2D eigenvalue weighted by Gasteiger charge is 2.32. The van der Waals surface area contributed by atoms with Gasteiger partial charge in [0.1, 0.15) is 11.6 Å². The van der Waals surface area contributed by atoms with Crippen LogP contribution in [0.25, 0.3) is 0 Å². The number of carbonyl (C=O) groups is 1. The molecule has 0 spiro atoms. The Morgan fingerprint density at radius 3 is 2.00 bits per heavy atom. The second-order valence-corrected chi connectivity index (χ2v) is 11.8. The quantitative estimate of drug-likeness (QED) is 0.546. The highest BCUT2D eigenvalue weighted by atomic mass is 19.1. The largest absolute Gasteiger partial charge is 0.484 e. The standard InChI is InChI=1S/C29H41FN2O2/c1-20-17-32(21(2)16-31(20)18-22-9-11-25(30)12-10-22)27(33)19-34-26-14-23(28(3,4)5)13-24(15-26)29(6,7)8/h9-15,20-21H,16-19H2,1-8H3/t20-,21+/m0/s1. The maximum absolute atomic E-state index is 13.2. The minimum absolute atomic E-state index is 0.00578. The molecule has 0 saturated carbocycles. The zero-order chi connectivity index (χ0) is 25.3. The lowest BCUT2D eigenvalue weighted by atomic mass is 9.80. The fourth-order valence-electron chi connectivity index (χ4n) is 4.37. The van der Waals surface area contributed by atoms with E-state index in [0.717, 1.165) is 24.4 Å². The molecule has 0 aliphatic carbocycles. The van der Waals surface area contributed by atoms with Gasteiger partial charge in [-0.15, -0.1) is 0 Å². The summed E-state index contributed by atoms with van der Waals surface area (Å²) in [5.41, 5.74) is 3.48. The molecule has 5 heteroatoms. The number of rotatable bonds is 5. The van der Waals surface area contributed by atoms with Gasteiger partial charge in [0, 0.05) is 31.7 Å². The highest BCUT2D eigenvalue weighted by molar-refractivity contribution is 5.78. The van der Waals surface area contributed by atoms with Gasteiger partial charge in [-0.2, -0.15) is 0 Å². The molecular formula is C29H41FN2O2. The van der Waals surface area contributed by atoms with Crippen molar-refractivity contribution in [1.82, 2.24) is 9.80 Å². The van der Waals surface area contributed by atoms with Crippen LogP contribution in [-0.2, 0) is 22.2 Å². The SMILES string of the molecule is C[C@@H]1CN(Cc2ccc(F)cc2)[C@@H](C)CN1C(=O)COc1cc(C(C)(C)C)cc(C(C)(C)C)c1. The van der Waals surface area contributed by atoms with Crippen LogP contribution in [0.1, 0.15) is 72.1 Å². The minimum atomic E-state index is -0.219. The number of hydrogen-bond acceptors (Lipinski definition) is 3. The van der Waals surface area contributed by atoms with E-state index in [4.69, 9.17) is 4.74 Å². The Labute approximate surface area is 205 Å². The first-order valence-corrected chi connectivity index (χ1v) is 12.3. The predicted octanol–water partition coefficient (Wildman–Crippen LogP) is 5.92. The van der Waals surface area contributed by atoms with Gasteiger partial charge in [0.25, 0.3) is 5.91 Å². The monoisotopic (exact) mass is 468 g/mol. The first-order chi connectivity index (χ1) is 15.7. The van der Waals surface area contributed by atoms with Crippen LogP contribution >= 0.6 is 0 Å². The summed E-state index contributed by atoms with van der Waals surface area (Å²) in [6.45, 7) is 19.6. The highest BCUT2D eigenvalue weighted by Crippen LogP contribution is 2.33. The molecule has 1 heterocycles. The summed E-state index contributed by atoms with van der Waals surface area (Å²) in [4.78, 5) is 17.4. The fourth-order valence-corrected chi connectivity index (χ4v) is 4.37. The van der Waals surface area contributed by atoms with Gasteiger partial charge in [-0.05, 0) is 65.6 Å². The van der Waals surface area contributed by atoms with Crippen LogP contribution in [-0.4, -0.2) is 47.5 Å². The molecule has 4 nitrogen and oxygen atoms in total. The first-order valence-electron chi connectivity index (χ1n) is 12.3. The molecule has 2 aromatic carbocycles. The molecule has 0 bridgehead atoms. The third-order valence-corrected chi connectivity index (χ3v) is 6.74. The van der Waals surface area contributed by atoms with E-state index in [0.29, 0.717) is 6.54 Å². The Hall–Kier alpha value is -2.40. The normalized spacial score (nSPS) is 19.9. The number of hydrogen-bond donors (Lipinski definition) is 0. The molecule has 1 aliphatic rings. The lowest BCUT2D eigenvalue weighted by Gasteiger charge is -2.44. The van der Waals surface area contributed by atoms with Crippen LogP contribution < -0.4 is 4.74 Å². The Balaban J connectivity index is 1.65. The zero-order valence-corrected chi connectivity index (χ0v) is 22.1. The maximum atomic E-state index is 13.2. The van der Waals surface area contributed by atoms with Gasteiger partial charge in [0.15, 0.2) is 6.61 Å². The van der Waals surface area contributed by atoms with Crippen molar-refractivity contribution in [1.29, 1.82) is 0 Å². The summed E-state index contributed by atoms with van der Waals surface area (Å²) in [5, 5.41) is 0. The van der Waals surface area contributed by atoms with Gasteiger partial charge >= 0.3 is 0 Å². The minimum Gasteiger partial charge on any atom is -0.484 e. The smallest absolute Gasteiger partial charge is 0.260 e. The number of amides is 1. The van der Waals surface area contributed by atoms with E-state index in [1.54, 1.807) is 0 Å². The summed E-state index contributed by atoms with van der Waals surface area (Å²) in [6, 6.07) is 13.3. The average molecular weight is 469 g/mol. The Morgan fingerprint density at radius 2 is 1.47 bits per heavy atom. The molecule has 186 valence electrons. The molecule has 2 aromatic rings. The van der Waals surface area contributed by atoms with E-state index < -0.39 is 0 Å². The third kappa shape index (κ3) is 6.59. The topological polar surface area (TPSA) is 32.8 Å². The van der Waals surface area contributed by atoms with Crippen molar-refractivity contribution in [2.45, 2.75) is 84.8 Å². The molecule has 1 saturated heterocycles. The maximum Gasteiger partial charge on any atom is 0.260 e. The average Bonchev–Trinajstić information content (AvgIpc) is 2.74. The van der Waals surface area contributed by atoms with Crippen molar-refractivity contribution in [2.75, 3.05) is 19.7 Å². The molecule has 0 N–H and O–H groups in total. The third-order valence-electron chi connectivity index (χ3n) is 6.74. The van der Waals surface area contributed by atoms with Crippen LogP contribution in [0.15, 0.2) is 42.5 Å². The van der Waals surface area contributed by atoms with E-state index in [2.05, 4.69) is 78.5 Å². The Morgan fingerprint density at radius 1 is 0.912 bits per heavy atom. The van der Waals surface area contributed by atoms with Crippen LogP contribution in [0, 0.1) is 5.82 Å². The second-order valence-electron chi connectivity index (χ2n) is 11.8. The Bertz CT molecular complexity index is 956. The van der Waals surface area contributed by atoms with Crippen molar-refractivity contribution in [3.63, 3.8) is 0 Å². The van der Waals surface area contributed by atoms with Crippen molar-refractivity contribution in [3.8, 4) is 5.75 Å². The van der Waals surface area contributed by atoms with Crippen molar-refractivity contribution in [3.05, 3.63) is 65.0 Å². The summed E-state index contributed by atoms with van der Waals surface area (Å²) in [6.07, 6.45) is 0. The summed E-state index contributed by atoms with van der Waals surface area (Å²) in [5.74, 6) is 0.545. The van der Waals surface area contributed by atoms with Crippen LogP contribution in [0.2, 0.25) is 0 Å². The van der Waals surface area contributed by atoms with E-state index >= 15 is 0 Å². The molecule has 3 rings (SSSR count).